The van der Waals surface area contributed by atoms with Crippen LogP contribution in [-0.2, 0) is 16.1 Å². The number of carbonyl (C=O) groups is 2. The second-order valence-electron chi connectivity index (χ2n) is 9.52. The molecule has 2 aliphatic rings. The number of nitrogens with one attached hydrogen (secondary N) is 2. The van der Waals surface area contributed by atoms with Gasteiger partial charge in [-0.25, -0.2) is 9.97 Å². The van der Waals surface area contributed by atoms with Crippen molar-refractivity contribution in [3.63, 3.8) is 0 Å². The second kappa shape index (κ2) is 11.4. The fourth-order valence-electron chi connectivity index (χ4n) is 4.74. The Morgan fingerprint density at radius 3 is 2.71 bits per heavy atom. The topological polar surface area (TPSA) is 106 Å². The first-order chi connectivity index (χ1) is 18.4. The molecule has 3 aromatic rings. The Labute approximate surface area is 226 Å². The molecule has 0 radical (unpaired) electrons. The average Bonchev–Trinajstić information content (AvgIpc) is 3.24. The molecule has 2 aliphatic heterocycles. The number of fused-ring (bicyclic) bond motifs is 1. The van der Waals surface area contributed by atoms with Crippen LogP contribution in [0, 0.1) is 0 Å². The van der Waals surface area contributed by atoms with Crippen LogP contribution in [0.2, 0.25) is 5.02 Å². The number of aromatic nitrogens is 2. The van der Waals surface area contributed by atoms with Gasteiger partial charge in [0.25, 0.3) is 5.91 Å². The predicted octanol–water partition coefficient (Wildman–Crippen LogP) is 4.23. The highest BCUT2D eigenvalue weighted by molar-refractivity contribution is 6.33. The summed E-state index contributed by atoms with van der Waals surface area (Å²) in [5.74, 6) is 0.826. The normalized spacial score (nSPS) is 16.2. The van der Waals surface area contributed by atoms with E-state index in [0.717, 1.165) is 35.3 Å². The van der Waals surface area contributed by atoms with Gasteiger partial charge in [0.1, 0.15) is 12.3 Å². The summed E-state index contributed by atoms with van der Waals surface area (Å²) in [6, 6.07) is 13.1. The van der Waals surface area contributed by atoms with Crippen LogP contribution in [0.25, 0.3) is 11.3 Å². The Morgan fingerprint density at radius 1 is 1.21 bits per heavy atom. The van der Waals surface area contributed by atoms with Gasteiger partial charge in [0.15, 0.2) is 0 Å². The van der Waals surface area contributed by atoms with Gasteiger partial charge in [-0.2, -0.15) is 0 Å². The lowest BCUT2D eigenvalue weighted by Gasteiger charge is -2.23. The molecule has 2 aromatic carbocycles. The molecule has 3 heterocycles. The van der Waals surface area contributed by atoms with Crippen molar-refractivity contribution in [3.05, 3.63) is 70.4 Å². The van der Waals surface area contributed by atoms with E-state index in [1.54, 1.807) is 24.3 Å². The van der Waals surface area contributed by atoms with E-state index in [0.29, 0.717) is 42.0 Å². The maximum absolute atomic E-state index is 13.2. The number of anilines is 1. The van der Waals surface area contributed by atoms with Gasteiger partial charge in [-0.15, -0.1) is 0 Å². The smallest absolute Gasteiger partial charge is 0.254 e. The van der Waals surface area contributed by atoms with E-state index in [1.807, 2.05) is 43.3 Å². The lowest BCUT2D eigenvalue weighted by atomic mass is 10.0. The molecule has 1 saturated heterocycles. The monoisotopic (exact) mass is 535 g/mol. The number of hydrogen-bond acceptors (Lipinski definition) is 7. The highest BCUT2D eigenvalue weighted by Gasteiger charge is 2.30. The summed E-state index contributed by atoms with van der Waals surface area (Å²) in [6.07, 6.45) is 3.34. The molecular weight excluding hydrogens is 506 g/mol. The molecule has 1 aromatic heterocycles. The van der Waals surface area contributed by atoms with Crippen LogP contribution in [0.1, 0.15) is 47.3 Å². The molecule has 38 heavy (non-hydrogen) atoms. The molecule has 1 unspecified atom stereocenters. The van der Waals surface area contributed by atoms with Gasteiger partial charge in [-0.1, -0.05) is 35.9 Å². The quantitative estimate of drug-likeness (QED) is 0.444. The van der Waals surface area contributed by atoms with Crippen molar-refractivity contribution >= 4 is 29.4 Å². The lowest BCUT2D eigenvalue weighted by molar-refractivity contribution is -0.122. The fraction of sp³-hybridized carbons (Fsp3) is 0.357. The van der Waals surface area contributed by atoms with Crippen molar-refractivity contribution in [2.45, 2.75) is 38.4 Å². The first-order valence-corrected chi connectivity index (χ1v) is 13.0. The lowest BCUT2D eigenvalue weighted by Crippen LogP contribution is -2.38. The fourth-order valence-corrected chi connectivity index (χ4v) is 4.94. The molecule has 1 atom stereocenters. The van der Waals surface area contributed by atoms with Gasteiger partial charge in [0.05, 0.1) is 30.1 Å². The summed E-state index contributed by atoms with van der Waals surface area (Å²) in [5.41, 5.74) is 3.63. The molecule has 0 bridgehead atoms. The molecule has 10 heteroatoms. The van der Waals surface area contributed by atoms with Gasteiger partial charge < -0.3 is 25.0 Å². The van der Waals surface area contributed by atoms with Crippen molar-refractivity contribution in [1.29, 1.82) is 0 Å². The Hall–Kier alpha value is -3.69. The summed E-state index contributed by atoms with van der Waals surface area (Å²) in [6.45, 7) is 3.66. The number of methoxy groups -OCH3 is 1. The summed E-state index contributed by atoms with van der Waals surface area (Å²) in [5, 5.41) is 6.72. The Kier molecular flexibility index (Phi) is 7.76. The number of amides is 2. The van der Waals surface area contributed by atoms with Crippen LogP contribution in [0.3, 0.4) is 0 Å². The largest absolute Gasteiger partial charge is 0.497 e. The third kappa shape index (κ3) is 5.74. The molecule has 1 fully saturated rings. The van der Waals surface area contributed by atoms with Gasteiger partial charge >= 0.3 is 0 Å². The van der Waals surface area contributed by atoms with Crippen LogP contribution in [0.4, 0.5) is 5.95 Å². The number of benzene rings is 2. The summed E-state index contributed by atoms with van der Waals surface area (Å²) >= 11 is 6.45. The zero-order valence-corrected chi connectivity index (χ0v) is 22.1. The van der Waals surface area contributed by atoms with Crippen LogP contribution in [0.5, 0.6) is 5.75 Å². The molecule has 0 saturated carbocycles. The van der Waals surface area contributed by atoms with Crippen molar-refractivity contribution in [2.24, 2.45) is 0 Å². The van der Waals surface area contributed by atoms with Gasteiger partial charge in [-0.05, 0) is 49.1 Å². The number of halogens is 1. The van der Waals surface area contributed by atoms with E-state index in [1.165, 1.54) is 0 Å². The molecular formula is C28H30ClN5O4. The first-order valence-electron chi connectivity index (χ1n) is 12.6. The standard InChI is InChI=1S/C28H30ClN5O4/c1-17(18-5-7-22(37-2)8-6-18)31-25(35)16-34-15-20-4-3-19(13-23(20)27(34)36)26-24(29)14-30-28(33-26)32-21-9-11-38-12-10-21/h3-8,13-14,17,21H,9-12,15-16H2,1-2H3,(H,31,35)(H,30,32,33). The highest BCUT2D eigenvalue weighted by Crippen LogP contribution is 2.31. The number of ether oxygens (including phenoxy) is 2. The third-order valence-electron chi connectivity index (χ3n) is 6.89. The molecule has 5 rings (SSSR count). The van der Waals surface area contributed by atoms with Gasteiger partial charge in [-0.3, -0.25) is 9.59 Å². The van der Waals surface area contributed by atoms with Crippen molar-refractivity contribution in [1.82, 2.24) is 20.2 Å². The number of carbonyl (C=O) groups excluding carboxylic acids is 2. The van der Waals surface area contributed by atoms with Crippen LogP contribution >= 0.6 is 11.6 Å². The molecule has 2 amide bonds. The Balaban J connectivity index is 1.25. The SMILES string of the molecule is COc1ccc(C(C)NC(=O)CN2Cc3ccc(-c4nc(NC5CCOCC5)ncc4Cl)cc3C2=O)cc1. The van der Waals surface area contributed by atoms with E-state index in [4.69, 9.17) is 21.1 Å². The average molecular weight is 536 g/mol. The molecule has 0 spiro atoms. The molecule has 0 aliphatic carbocycles. The zero-order valence-electron chi connectivity index (χ0n) is 21.4. The maximum Gasteiger partial charge on any atom is 0.254 e. The van der Waals surface area contributed by atoms with E-state index in [2.05, 4.69) is 20.6 Å². The van der Waals surface area contributed by atoms with E-state index in [-0.39, 0.29) is 30.4 Å². The summed E-state index contributed by atoms with van der Waals surface area (Å²) < 4.78 is 10.6. The third-order valence-corrected chi connectivity index (χ3v) is 7.17. The maximum atomic E-state index is 13.2. The Bertz CT molecular complexity index is 1330. The minimum absolute atomic E-state index is 0.0310. The minimum Gasteiger partial charge on any atom is -0.497 e. The zero-order chi connectivity index (χ0) is 26.6. The summed E-state index contributed by atoms with van der Waals surface area (Å²) in [7, 11) is 1.61. The van der Waals surface area contributed by atoms with E-state index in [9.17, 15) is 9.59 Å². The van der Waals surface area contributed by atoms with Crippen molar-refractivity contribution in [2.75, 3.05) is 32.2 Å². The molecule has 2 N–H and O–H groups in total. The van der Waals surface area contributed by atoms with E-state index < -0.39 is 0 Å². The molecule has 198 valence electrons. The Morgan fingerprint density at radius 2 is 1.97 bits per heavy atom. The second-order valence-corrected chi connectivity index (χ2v) is 9.92. The van der Waals surface area contributed by atoms with Crippen molar-refractivity contribution in [3.8, 4) is 17.0 Å². The van der Waals surface area contributed by atoms with Crippen LogP contribution < -0.4 is 15.4 Å². The van der Waals surface area contributed by atoms with Crippen LogP contribution in [-0.4, -0.2) is 59.6 Å². The number of hydrogen-bond donors (Lipinski definition) is 2. The number of nitrogens with zero attached hydrogens (tertiary/aromatic N) is 3. The van der Waals surface area contributed by atoms with Crippen LogP contribution in [0.15, 0.2) is 48.7 Å². The molecule has 9 nitrogen and oxygen atoms in total. The van der Waals surface area contributed by atoms with Gasteiger partial charge in [0.2, 0.25) is 11.9 Å². The summed E-state index contributed by atoms with van der Waals surface area (Å²) in [4.78, 5) is 36.5. The number of rotatable bonds is 8. The minimum atomic E-state index is -0.225. The van der Waals surface area contributed by atoms with Crippen molar-refractivity contribution < 1.29 is 19.1 Å². The van der Waals surface area contributed by atoms with E-state index >= 15 is 0 Å². The first kappa shape index (κ1) is 25.9. The predicted molar refractivity (Wildman–Crippen MR) is 144 cm³/mol. The van der Waals surface area contributed by atoms with Gasteiger partial charge in [0, 0.05) is 36.9 Å². The highest BCUT2D eigenvalue weighted by atomic mass is 35.5.